The number of hydrogen-bond donors (Lipinski definition) is 0. The molecule has 0 radical (unpaired) electrons. The van der Waals surface area contributed by atoms with Crippen LogP contribution in [0.3, 0.4) is 0 Å². The van der Waals surface area contributed by atoms with Gasteiger partial charge in [-0.1, -0.05) is 236 Å². The second kappa shape index (κ2) is 49.2. The van der Waals surface area contributed by atoms with Crippen LogP contribution >= 0.6 is 0 Å². The topological polar surface area (TPSA) is 277 Å². The maximum Gasteiger partial charge on any atom is 0.248 e. The molecule has 13 rings (SSSR count). The van der Waals surface area contributed by atoms with Crippen molar-refractivity contribution >= 4 is 66.2 Å². The van der Waals surface area contributed by atoms with Crippen molar-refractivity contribution in [1.29, 1.82) is 0 Å². The third kappa shape index (κ3) is 25.0. The zero-order valence-electron chi connectivity index (χ0n) is 76.2. The fourth-order valence-electron chi connectivity index (χ4n) is 15.5. The van der Waals surface area contributed by atoms with E-state index in [0.717, 1.165) is 231 Å². The van der Waals surface area contributed by atoms with E-state index < -0.39 is 0 Å². The van der Waals surface area contributed by atoms with Crippen molar-refractivity contribution in [1.82, 2.24) is 60.5 Å². The molecule has 0 aliphatic carbocycles. The highest BCUT2D eigenvalue weighted by Crippen LogP contribution is 2.47. The maximum atomic E-state index is 6.68. The number of unbranched alkanes of at least 4 members (excludes halogenated alkanes) is 27. The molecule has 24 heteroatoms. The number of ether oxygens (including phenoxy) is 9. The van der Waals surface area contributed by atoms with Gasteiger partial charge in [-0.2, -0.15) is 0 Å². The van der Waals surface area contributed by atoms with E-state index in [2.05, 4.69) is 92.9 Å². The van der Waals surface area contributed by atoms with E-state index in [0.29, 0.717) is 223 Å². The standard InChI is InChI=1S/C102H132N12O12/c1-10-19-28-37-52-115-82-64-73(65-83(116-53-38-29-20-11-2)94(82)121-58-43-34-25-16-7)100-112-109-97(124-100)70-46-49-76-79(61-70)106-91-88(103-76)89-92(107-80-62-71(47-50-77(80)104-89)98-110-113-101(125-98)74-66-84(117-54-39-30-21-12-3)95(122-59-44-35-26-17-8)85(67-74)118-55-40-31-22-13-4)93-90(91)105-78-51-48-72(63-81(78)108-93)99-111-114-102(126-99)75-68-86(119-56-41-32-23-14-5)96(123-60-45-36-27-18-9)87(69-75)120-57-42-33-24-15-6/h46-51,61-69H,10-45,52-60H2,1-9H3. The van der Waals surface area contributed by atoms with Gasteiger partial charge in [-0.3, -0.25) is 0 Å². The summed E-state index contributed by atoms with van der Waals surface area (Å²) < 4.78 is 79.4. The molecule has 0 aliphatic heterocycles. The molecule has 0 saturated carbocycles. The van der Waals surface area contributed by atoms with Crippen molar-refractivity contribution in [2.45, 2.75) is 293 Å². The summed E-state index contributed by atoms with van der Waals surface area (Å²) in [7, 11) is 0. The molecule has 0 N–H and O–H groups in total. The number of hydrogen-bond acceptors (Lipinski definition) is 24. The molecule has 7 aromatic carbocycles. The quantitative estimate of drug-likeness (QED) is 0.0194. The number of benzene rings is 7. The highest BCUT2D eigenvalue weighted by molar-refractivity contribution is 6.21. The van der Waals surface area contributed by atoms with Crippen LogP contribution in [-0.2, 0) is 0 Å². The number of fused-ring (bicyclic) bond motifs is 9. The van der Waals surface area contributed by atoms with Crippen molar-refractivity contribution < 1.29 is 55.9 Å². The fraction of sp³-hybridized carbons (Fsp3) is 0.529. The molecule has 0 unspecified atom stereocenters. The molecule has 0 fully saturated rings. The number of aromatic nitrogens is 12. The maximum absolute atomic E-state index is 6.68. The van der Waals surface area contributed by atoms with Crippen molar-refractivity contribution in [3.05, 3.63) is 91.0 Å². The van der Waals surface area contributed by atoms with E-state index in [9.17, 15) is 0 Å². The molecule has 0 saturated heterocycles. The summed E-state index contributed by atoms with van der Waals surface area (Å²) in [6.07, 6.45) is 38.1. The van der Waals surface area contributed by atoms with Crippen molar-refractivity contribution in [2.24, 2.45) is 0 Å². The minimum atomic E-state index is 0.272. The van der Waals surface area contributed by atoms with Crippen LogP contribution in [0.2, 0.25) is 0 Å². The molecule has 672 valence electrons. The van der Waals surface area contributed by atoms with Gasteiger partial charge in [0.1, 0.15) is 33.1 Å². The van der Waals surface area contributed by atoms with Crippen LogP contribution in [0.25, 0.3) is 135 Å². The van der Waals surface area contributed by atoms with Crippen LogP contribution in [-0.4, -0.2) is 120 Å². The molecule has 13 aromatic rings. The Morgan fingerprint density at radius 1 is 0.183 bits per heavy atom. The highest BCUT2D eigenvalue weighted by atomic mass is 16.6. The van der Waals surface area contributed by atoms with Crippen LogP contribution in [0.5, 0.6) is 51.7 Å². The first kappa shape index (κ1) is 92.6. The molecule has 0 aliphatic rings. The fourth-order valence-corrected chi connectivity index (χ4v) is 15.5. The van der Waals surface area contributed by atoms with Gasteiger partial charge in [0.2, 0.25) is 52.6 Å². The third-order valence-electron chi connectivity index (χ3n) is 22.8. The smallest absolute Gasteiger partial charge is 0.248 e. The molecule has 6 aromatic heterocycles. The summed E-state index contributed by atoms with van der Waals surface area (Å²) in [5.41, 5.74) is 9.85. The van der Waals surface area contributed by atoms with Gasteiger partial charge in [0.05, 0.1) is 92.6 Å². The van der Waals surface area contributed by atoms with Crippen molar-refractivity contribution in [2.75, 3.05) is 59.5 Å². The minimum absolute atomic E-state index is 0.272. The lowest BCUT2D eigenvalue weighted by molar-refractivity contribution is 0.234. The molecule has 0 atom stereocenters. The molecule has 0 spiro atoms. The molecule has 0 bridgehead atoms. The molecule has 24 nitrogen and oxygen atoms in total. The van der Waals surface area contributed by atoms with E-state index in [1.807, 2.05) is 91.0 Å². The zero-order chi connectivity index (χ0) is 87.4. The Balaban J connectivity index is 0.900. The Morgan fingerprint density at radius 2 is 0.357 bits per heavy atom. The Labute approximate surface area is 743 Å². The second-order valence-corrected chi connectivity index (χ2v) is 33.2. The number of nitrogens with zero attached hydrogens (tertiary/aromatic N) is 12. The Kier molecular flexibility index (Phi) is 36.1. The Hall–Kier alpha value is -11.0. The second-order valence-electron chi connectivity index (χ2n) is 33.2. The average molecular weight is 1720 g/mol. The highest BCUT2D eigenvalue weighted by Gasteiger charge is 2.28. The van der Waals surface area contributed by atoms with Crippen molar-refractivity contribution in [3.63, 3.8) is 0 Å². The van der Waals surface area contributed by atoms with Gasteiger partial charge in [0.25, 0.3) is 0 Å². The normalized spacial score (nSPS) is 11.7. The molecular weight excluding hydrogens is 1590 g/mol. The van der Waals surface area contributed by atoms with Crippen LogP contribution in [0.4, 0.5) is 0 Å². The zero-order valence-corrected chi connectivity index (χ0v) is 76.2. The van der Waals surface area contributed by atoms with Gasteiger partial charge in [-0.25, -0.2) is 29.9 Å². The van der Waals surface area contributed by atoms with E-state index in [1.54, 1.807) is 0 Å². The summed E-state index contributed by atoms with van der Waals surface area (Å²) in [5.74, 6) is 7.00. The number of rotatable bonds is 60. The van der Waals surface area contributed by atoms with Gasteiger partial charge in [0.15, 0.2) is 34.5 Å². The van der Waals surface area contributed by atoms with Gasteiger partial charge >= 0.3 is 0 Å². The lowest BCUT2D eigenvalue weighted by Crippen LogP contribution is -2.06. The van der Waals surface area contributed by atoms with E-state index in [-0.39, 0.29) is 23.6 Å². The average Bonchev–Trinajstić information content (AvgIpc) is 0.777. The minimum Gasteiger partial charge on any atom is -0.490 e. The van der Waals surface area contributed by atoms with Gasteiger partial charge in [-0.15, -0.1) is 30.6 Å². The van der Waals surface area contributed by atoms with E-state index in [1.165, 1.54) is 0 Å². The van der Waals surface area contributed by atoms with Crippen LogP contribution in [0.15, 0.2) is 104 Å². The van der Waals surface area contributed by atoms with Crippen LogP contribution in [0, 0.1) is 0 Å². The molecule has 6 heterocycles. The lowest BCUT2D eigenvalue weighted by Gasteiger charge is -2.18. The van der Waals surface area contributed by atoms with Crippen molar-refractivity contribution in [3.8, 4) is 120 Å². The summed E-state index contributed by atoms with van der Waals surface area (Å²) in [6, 6.07) is 28.8. The first-order valence-electron chi connectivity index (χ1n) is 47.8. The predicted octanol–water partition coefficient (Wildman–Crippen LogP) is 27.8. The summed E-state index contributed by atoms with van der Waals surface area (Å²) in [6.45, 7) is 24.7. The van der Waals surface area contributed by atoms with Gasteiger partial charge in [-0.05, 0) is 149 Å². The monoisotopic (exact) mass is 1720 g/mol. The van der Waals surface area contributed by atoms with Crippen LogP contribution in [0.1, 0.15) is 293 Å². The molecular formula is C102H132N12O12. The Morgan fingerprint density at radius 3 is 0.548 bits per heavy atom. The van der Waals surface area contributed by atoms with Crippen LogP contribution < -0.4 is 42.6 Å². The first-order valence-corrected chi connectivity index (χ1v) is 47.8. The molecule has 126 heavy (non-hydrogen) atoms. The predicted molar refractivity (Wildman–Crippen MR) is 501 cm³/mol. The first-order chi connectivity index (χ1) is 62.1. The Bertz CT molecular complexity index is 5470. The summed E-state index contributed by atoms with van der Waals surface area (Å²) >= 11 is 0. The summed E-state index contributed by atoms with van der Waals surface area (Å²) in [4.78, 5) is 32.6. The lowest BCUT2D eigenvalue weighted by atomic mass is 10.1. The van der Waals surface area contributed by atoms with Gasteiger partial charge in [0, 0.05) is 33.4 Å². The largest absolute Gasteiger partial charge is 0.490 e. The third-order valence-corrected chi connectivity index (χ3v) is 22.8. The van der Waals surface area contributed by atoms with Gasteiger partial charge < -0.3 is 55.9 Å². The van der Waals surface area contributed by atoms with E-state index >= 15 is 0 Å². The SMILES string of the molecule is CCCCCCOc1cc(-c2nnc(-c3ccc4nc5c6nc7ccc(-c8nnc(-c9cc(OCCCCCC)c(OCCCCCC)c(OCCCCCC)c9)o8)cc7nc6c6nc7cc(-c8nnc(-c9cc(OCCCCCC)c(OCCCCCC)c(OCCCCCC)c9)o8)ccc7nc6c5nc4c3)o2)cc(OCCCCCC)c1OCCCCCC. The molecule has 0 amide bonds. The van der Waals surface area contributed by atoms with E-state index in [4.69, 9.17) is 85.8 Å². The summed E-state index contributed by atoms with van der Waals surface area (Å²) in [5, 5.41) is 28.0.